The molecule has 0 radical (unpaired) electrons. The summed E-state index contributed by atoms with van der Waals surface area (Å²) >= 11 is 1.49. The van der Waals surface area contributed by atoms with Crippen LogP contribution in [0.3, 0.4) is 0 Å². The maximum absolute atomic E-state index is 13.6. The molecule has 37 heavy (non-hydrogen) atoms. The molecule has 1 saturated heterocycles. The maximum Gasteiger partial charge on any atom is 0.263 e. The van der Waals surface area contributed by atoms with Crippen molar-refractivity contribution in [1.29, 1.82) is 0 Å². The number of nitrogens with zero attached hydrogens (tertiary/aromatic N) is 3. The number of halogens is 2. The van der Waals surface area contributed by atoms with Gasteiger partial charge in [0.2, 0.25) is 0 Å². The number of benzene rings is 1. The average Bonchev–Trinajstić information content (AvgIpc) is 3.21. The van der Waals surface area contributed by atoms with E-state index in [0.29, 0.717) is 31.1 Å². The van der Waals surface area contributed by atoms with Crippen molar-refractivity contribution in [3.63, 3.8) is 0 Å². The summed E-state index contributed by atoms with van der Waals surface area (Å²) in [7, 11) is 0. The lowest BCUT2D eigenvalue weighted by Crippen LogP contribution is -2.39. The van der Waals surface area contributed by atoms with E-state index in [-0.39, 0.29) is 24.8 Å². The van der Waals surface area contributed by atoms with E-state index >= 15 is 0 Å². The number of likely N-dealkylation sites (tertiary alicyclic amines) is 1. The predicted molar refractivity (Wildman–Crippen MR) is 145 cm³/mol. The van der Waals surface area contributed by atoms with E-state index in [1.165, 1.54) is 11.3 Å². The highest BCUT2D eigenvalue weighted by Crippen LogP contribution is 2.41. The number of carbonyl (C=O) groups is 1. The summed E-state index contributed by atoms with van der Waals surface area (Å²) in [5.74, 6) is -2.62. The highest BCUT2D eigenvalue weighted by molar-refractivity contribution is 7.21. The summed E-state index contributed by atoms with van der Waals surface area (Å²) in [6.45, 7) is 7.72. The van der Waals surface area contributed by atoms with Gasteiger partial charge in [0.15, 0.2) is 0 Å². The molecular formula is C28H27F2N5OS. The largest absolute Gasteiger partial charge is 0.381 e. The molecule has 1 aromatic carbocycles. The summed E-state index contributed by atoms with van der Waals surface area (Å²) in [5.41, 5.74) is 4.93. The number of hydrogen-bond acceptors (Lipinski definition) is 6. The Morgan fingerprint density at radius 3 is 2.78 bits per heavy atom. The molecule has 5 heterocycles. The Hall–Kier alpha value is -3.43. The number of rotatable bonds is 4. The van der Waals surface area contributed by atoms with E-state index in [4.69, 9.17) is 4.98 Å². The van der Waals surface area contributed by atoms with Gasteiger partial charge in [-0.05, 0) is 49.4 Å². The van der Waals surface area contributed by atoms with Gasteiger partial charge in [0.05, 0.1) is 28.3 Å². The van der Waals surface area contributed by atoms with E-state index in [1.807, 2.05) is 42.2 Å². The quantitative estimate of drug-likeness (QED) is 0.350. The normalized spacial score (nSPS) is 19.8. The fourth-order valence-corrected chi connectivity index (χ4v) is 6.20. The van der Waals surface area contributed by atoms with Gasteiger partial charge in [-0.1, -0.05) is 6.58 Å². The maximum atomic E-state index is 13.6. The first kappa shape index (κ1) is 23.9. The molecule has 2 aliphatic heterocycles. The van der Waals surface area contributed by atoms with Crippen molar-refractivity contribution >= 4 is 50.0 Å². The average molecular weight is 520 g/mol. The third-order valence-corrected chi connectivity index (χ3v) is 8.22. The number of piperidine rings is 1. The first-order chi connectivity index (χ1) is 17.8. The van der Waals surface area contributed by atoms with Gasteiger partial charge in [-0.25, -0.2) is 13.8 Å². The van der Waals surface area contributed by atoms with Crippen molar-refractivity contribution in [1.82, 2.24) is 20.2 Å². The minimum Gasteiger partial charge on any atom is -0.381 e. The van der Waals surface area contributed by atoms with E-state index in [2.05, 4.69) is 28.3 Å². The van der Waals surface area contributed by atoms with Crippen LogP contribution in [-0.4, -0.2) is 52.4 Å². The summed E-state index contributed by atoms with van der Waals surface area (Å²) in [5, 5.41) is 8.49. The van der Waals surface area contributed by atoms with Gasteiger partial charge in [0.1, 0.15) is 4.88 Å². The Morgan fingerprint density at radius 2 is 2.00 bits per heavy atom. The van der Waals surface area contributed by atoms with Gasteiger partial charge < -0.3 is 10.6 Å². The highest BCUT2D eigenvalue weighted by atomic mass is 32.1. The number of carbonyl (C=O) groups excluding carboxylic acids is 1. The zero-order valence-corrected chi connectivity index (χ0v) is 21.3. The molecule has 0 aliphatic carbocycles. The van der Waals surface area contributed by atoms with Crippen LogP contribution in [0.1, 0.15) is 40.8 Å². The topological polar surface area (TPSA) is 70.2 Å². The smallest absolute Gasteiger partial charge is 0.263 e. The van der Waals surface area contributed by atoms with Crippen LogP contribution >= 0.6 is 11.3 Å². The third kappa shape index (κ3) is 4.57. The molecule has 190 valence electrons. The van der Waals surface area contributed by atoms with Crippen LogP contribution in [-0.2, 0) is 6.54 Å². The van der Waals surface area contributed by atoms with Crippen molar-refractivity contribution < 1.29 is 13.6 Å². The molecule has 6 nitrogen and oxygen atoms in total. The molecule has 1 fully saturated rings. The van der Waals surface area contributed by atoms with E-state index < -0.39 is 5.92 Å². The fourth-order valence-electron chi connectivity index (χ4n) is 5.10. The molecule has 3 aromatic heterocycles. The van der Waals surface area contributed by atoms with E-state index in [1.54, 1.807) is 6.08 Å². The van der Waals surface area contributed by atoms with Gasteiger partial charge in [0, 0.05) is 66.1 Å². The Kier molecular flexibility index (Phi) is 5.92. The second kappa shape index (κ2) is 9.15. The minimum absolute atomic E-state index is 0.0447. The van der Waals surface area contributed by atoms with Crippen molar-refractivity contribution in [2.75, 3.05) is 25.0 Å². The number of thiophene rings is 1. The van der Waals surface area contributed by atoms with Crippen LogP contribution in [0.4, 0.5) is 14.5 Å². The number of pyridine rings is 2. The number of alkyl halides is 2. The number of fused-ring (bicyclic) bond motifs is 5. The monoisotopic (exact) mass is 519 g/mol. The lowest BCUT2D eigenvalue weighted by Gasteiger charge is -2.31. The summed E-state index contributed by atoms with van der Waals surface area (Å²) < 4.78 is 28.2. The molecule has 9 heteroatoms. The molecule has 0 saturated carbocycles. The lowest BCUT2D eigenvalue weighted by molar-refractivity contribution is -0.0568. The Labute approximate surface area is 217 Å². The number of nitrogens with one attached hydrogen (secondary N) is 2. The number of anilines is 1. The number of amides is 1. The van der Waals surface area contributed by atoms with Crippen molar-refractivity contribution in [3.8, 4) is 11.3 Å². The molecule has 2 aliphatic rings. The lowest BCUT2D eigenvalue weighted by atomic mass is 10.0. The van der Waals surface area contributed by atoms with Gasteiger partial charge in [-0.15, -0.1) is 11.3 Å². The molecule has 4 aromatic rings. The van der Waals surface area contributed by atoms with Gasteiger partial charge in [-0.2, -0.15) is 0 Å². The van der Waals surface area contributed by atoms with Crippen LogP contribution in [0.2, 0.25) is 0 Å². The second-order valence-electron chi connectivity index (χ2n) is 9.87. The first-order valence-electron chi connectivity index (χ1n) is 12.4. The Balaban J connectivity index is 1.37. The first-order valence-corrected chi connectivity index (χ1v) is 13.3. The number of hydrogen-bond donors (Lipinski definition) is 2. The van der Waals surface area contributed by atoms with Crippen molar-refractivity contribution in [2.24, 2.45) is 0 Å². The minimum atomic E-state index is -2.57. The molecule has 1 amide bonds. The van der Waals surface area contributed by atoms with Crippen LogP contribution < -0.4 is 10.6 Å². The summed E-state index contributed by atoms with van der Waals surface area (Å²) in [4.78, 5) is 25.1. The predicted octanol–water partition coefficient (Wildman–Crippen LogP) is 5.93. The highest BCUT2D eigenvalue weighted by Gasteiger charge is 2.34. The molecule has 0 unspecified atom stereocenters. The van der Waals surface area contributed by atoms with Crippen LogP contribution in [0.25, 0.3) is 38.3 Å². The van der Waals surface area contributed by atoms with Crippen LogP contribution in [0, 0.1) is 0 Å². The van der Waals surface area contributed by atoms with Gasteiger partial charge in [0.25, 0.3) is 11.8 Å². The molecule has 1 atom stereocenters. The SMILES string of the molecule is C=Cc1cc(-c2ccc3c(ccc4sc5c(c43)NC[C@@H](C)NC5=O)n2)cc(CN2CCC(F)(F)CC2)n1. The Morgan fingerprint density at radius 1 is 1.19 bits per heavy atom. The standard InChI is InChI=1S/C28H27F2N5OS/c1-3-18-12-17(13-19(33-18)15-35-10-8-28(29,30)9-11-35)21-5-4-20-22(34-21)6-7-23-24(20)25-26(37-23)27(36)32-16(2)14-31-25/h3-7,12-13,16,31H,1,8-11,14-15H2,2H3,(H,32,36)/t16-/m1/s1. The Bertz CT molecular complexity index is 1540. The van der Waals surface area contributed by atoms with Gasteiger partial charge in [-0.3, -0.25) is 14.7 Å². The molecule has 2 N–H and O–H groups in total. The fraction of sp³-hybridized carbons (Fsp3) is 0.321. The zero-order valence-electron chi connectivity index (χ0n) is 20.5. The molecule has 6 rings (SSSR count). The number of aromatic nitrogens is 2. The third-order valence-electron chi connectivity index (χ3n) is 7.07. The van der Waals surface area contributed by atoms with Crippen molar-refractivity contribution in [3.05, 3.63) is 59.2 Å². The van der Waals surface area contributed by atoms with Gasteiger partial charge >= 0.3 is 0 Å². The van der Waals surface area contributed by atoms with E-state index in [0.717, 1.165) is 49.3 Å². The molecule has 0 spiro atoms. The second-order valence-corrected chi connectivity index (χ2v) is 10.9. The van der Waals surface area contributed by atoms with Crippen LogP contribution in [0.15, 0.2) is 43.0 Å². The van der Waals surface area contributed by atoms with E-state index in [9.17, 15) is 13.6 Å². The summed E-state index contributed by atoms with van der Waals surface area (Å²) in [6, 6.07) is 12.0. The molecule has 0 bridgehead atoms. The zero-order chi connectivity index (χ0) is 25.7. The van der Waals surface area contributed by atoms with Crippen LogP contribution in [0.5, 0.6) is 0 Å². The molecular weight excluding hydrogens is 492 g/mol. The summed E-state index contributed by atoms with van der Waals surface area (Å²) in [6.07, 6.45) is 1.45. The van der Waals surface area contributed by atoms with Crippen molar-refractivity contribution in [2.45, 2.75) is 38.3 Å².